The van der Waals surface area contributed by atoms with E-state index < -0.39 is 11.9 Å². The SMILES string of the molecule is CCc1cccc(C(O)c2cccc(Br)c2F)c1. The van der Waals surface area contributed by atoms with E-state index in [0.717, 1.165) is 12.0 Å². The Morgan fingerprint density at radius 2 is 1.94 bits per heavy atom. The van der Waals surface area contributed by atoms with Gasteiger partial charge in [-0.3, -0.25) is 0 Å². The van der Waals surface area contributed by atoms with E-state index in [-0.39, 0.29) is 5.56 Å². The maximum Gasteiger partial charge on any atom is 0.143 e. The maximum atomic E-state index is 13.9. The molecule has 0 spiro atoms. The van der Waals surface area contributed by atoms with Crippen molar-refractivity contribution in [3.05, 3.63) is 69.4 Å². The first-order chi connectivity index (χ1) is 8.63. The summed E-state index contributed by atoms with van der Waals surface area (Å²) >= 11 is 3.13. The number of aryl methyl sites for hydroxylation is 1. The molecule has 0 aliphatic heterocycles. The van der Waals surface area contributed by atoms with Crippen molar-refractivity contribution < 1.29 is 9.50 Å². The normalized spacial score (nSPS) is 12.4. The molecule has 18 heavy (non-hydrogen) atoms. The molecule has 0 heterocycles. The Kier molecular flexibility index (Phi) is 4.15. The summed E-state index contributed by atoms with van der Waals surface area (Å²) in [7, 11) is 0. The monoisotopic (exact) mass is 308 g/mol. The highest BCUT2D eigenvalue weighted by atomic mass is 79.9. The fraction of sp³-hybridized carbons (Fsp3) is 0.200. The predicted octanol–water partition coefficient (Wildman–Crippen LogP) is 4.23. The average molecular weight is 309 g/mol. The van der Waals surface area contributed by atoms with E-state index in [1.165, 1.54) is 0 Å². The van der Waals surface area contributed by atoms with E-state index >= 15 is 0 Å². The molecule has 0 fully saturated rings. The highest BCUT2D eigenvalue weighted by molar-refractivity contribution is 9.10. The lowest BCUT2D eigenvalue weighted by Crippen LogP contribution is -2.03. The zero-order chi connectivity index (χ0) is 13.1. The van der Waals surface area contributed by atoms with Crippen molar-refractivity contribution in [2.75, 3.05) is 0 Å². The predicted molar refractivity (Wildman–Crippen MR) is 74.0 cm³/mol. The van der Waals surface area contributed by atoms with Crippen molar-refractivity contribution in [1.29, 1.82) is 0 Å². The molecule has 0 saturated carbocycles. The minimum atomic E-state index is -0.936. The van der Waals surface area contributed by atoms with Gasteiger partial charge in [0.05, 0.1) is 4.47 Å². The van der Waals surface area contributed by atoms with Crippen LogP contribution in [0.15, 0.2) is 46.9 Å². The lowest BCUT2D eigenvalue weighted by molar-refractivity contribution is 0.214. The summed E-state index contributed by atoms with van der Waals surface area (Å²) in [4.78, 5) is 0. The van der Waals surface area contributed by atoms with E-state index in [0.29, 0.717) is 10.0 Å². The standard InChI is InChI=1S/C15H14BrFO/c1-2-10-5-3-6-11(9-10)15(18)12-7-4-8-13(16)14(12)17/h3-9,15,18H,2H2,1H3. The second kappa shape index (κ2) is 5.63. The molecule has 0 bridgehead atoms. The Bertz CT molecular complexity index is 554. The van der Waals surface area contributed by atoms with Gasteiger partial charge in [-0.05, 0) is 39.5 Å². The summed E-state index contributed by atoms with van der Waals surface area (Å²) < 4.78 is 14.3. The van der Waals surface area contributed by atoms with E-state index in [9.17, 15) is 9.50 Å². The minimum absolute atomic E-state index is 0.289. The van der Waals surface area contributed by atoms with Gasteiger partial charge >= 0.3 is 0 Å². The van der Waals surface area contributed by atoms with Gasteiger partial charge in [-0.25, -0.2) is 4.39 Å². The third-order valence-electron chi connectivity index (χ3n) is 2.95. The van der Waals surface area contributed by atoms with Gasteiger partial charge < -0.3 is 5.11 Å². The molecule has 2 aromatic rings. The molecule has 0 radical (unpaired) electrons. The van der Waals surface area contributed by atoms with Crippen LogP contribution < -0.4 is 0 Å². The third kappa shape index (κ3) is 2.62. The number of rotatable bonds is 3. The molecular weight excluding hydrogens is 295 g/mol. The quantitative estimate of drug-likeness (QED) is 0.899. The molecule has 1 unspecified atom stereocenters. The van der Waals surface area contributed by atoms with Crippen molar-refractivity contribution in [1.82, 2.24) is 0 Å². The number of aliphatic hydroxyl groups is 1. The summed E-state index contributed by atoms with van der Waals surface area (Å²) in [6, 6.07) is 12.5. The van der Waals surface area contributed by atoms with Gasteiger partial charge in [0.1, 0.15) is 11.9 Å². The van der Waals surface area contributed by atoms with Crippen LogP contribution in [-0.4, -0.2) is 5.11 Å². The van der Waals surface area contributed by atoms with Crippen molar-refractivity contribution in [3.63, 3.8) is 0 Å². The number of aliphatic hydroxyl groups excluding tert-OH is 1. The Labute approximate surface area is 114 Å². The first kappa shape index (κ1) is 13.2. The Hall–Kier alpha value is -1.19. The summed E-state index contributed by atoms with van der Waals surface area (Å²) in [5.74, 6) is -0.410. The van der Waals surface area contributed by atoms with Gasteiger partial charge in [0, 0.05) is 5.56 Å². The summed E-state index contributed by atoms with van der Waals surface area (Å²) in [5, 5.41) is 10.3. The summed E-state index contributed by atoms with van der Waals surface area (Å²) in [5.41, 5.74) is 2.13. The maximum absolute atomic E-state index is 13.9. The second-order valence-electron chi connectivity index (χ2n) is 4.14. The van der Waals surface area contributed by atoms with Crippen LogP contribution in [-0.2, 0) is 6.42 Å². The highest BCUT2D eigenvalue weighted by Crippen LogP contribution is 2.28. The zero-order valence-corrected chi connectivity index (χ0v) is 11.6. The van der Waals surface area contributed by atoms with Crippen molar-refractivity contribution in [2.45, 2.75) is 19.4 Å². The van der Waals surface area contributed by atoms with Crippen LogP contribution in [0.3, 0.4) is 0 Å². The van der Waals surface area contributed by atoms with E-state index in [4.69, 9.17) is 0 Å². The fourth-order valence-electron chi connectivity index (χ4n) is 1.89. The van der Waals surface area contributed by atoms with Gasteiger partial charge in [-0.1, -0.05) is 43.3 Å². The molecule has 94 valence electrons. The molecule has 0 amide bonds. The molecule has 0 aromatic heterocycles. The number of hydrogen-bond acceptors (Lipinski definition) is 1. The highest BCUT2D eigenvalue weighted by Gasteiger charge is 2.16. The first-order valence-electron chi connectivity index (χ1n) is 5.84. The van der Waals surface area contributed by atoms with E-state index in [1.54, 1.807) is 18.2 Å². The van der Waals surface area contributed by atoms with Gasteiger partial charge in [0.25, 0.3) is 0 Å². The topological polar surface area (TPSA) is 20.2 Å². The lowest BCUT2D eigenvalue weighted by atomic mass is 9.99. The lowest BCUT2D eigenvalue weighted by Gasteiger charge is -2.14. The van der Waals surface area contributed by atoms with Crippen LogP contribution in [0.4, 0.5) is 4.39 Å². The third-order valence-corrected chi connectivity index (χ3v) is 3.56. The van der Waals surface area contributed by atoms with Crippen LogP contribution in [0.25, 0.3) is 0 Å². The molecule has 2 aromatic carbocycles. The van der Waals surface area contributed by atoms with Crippen molar-refractivity contribution in [2.24, 2.45) is 0 Å². The molecule has 1 nitrogen and oxygen atoms in total. The van der Waals surface area contributed by atoms with Crippen LogP contribution in [0.2, 0.25) is 0 Å². The smallest absolute Gasteiger partial charge is 0.143 e. The van der Waals surface area contributed by atoms with Crippen LogP contribution in [0.1, 0.15) is 29.7 Å². The van der Waals surface area contributed by atoms with Gasteiger partial charge in [0.15, 0.2) is 0 Å². The van der Waals surface area contributed by atoms with Crippen molar-refractivity contribution >= 4 is 15.9 Å². The molecule has 0 aliphatic carbocycles. The first-order valence-corrected chi connectivity index (χ1v) is 6.63. The largest absolute Gasteiger partial charge is 0.384 e. The Morgan fingerprint density at radius 1 is 1.22 bits per heavy atom. The average Bonchev–Trinajstić information content (AvgIpc) is 2.41. The van der Waals surface area contributed by atoms with E-state index in [1.807, 2.05) is 31.2 Å². The second-order valence-corrected chi connectivity index (χ2v) is 5.00. The molecule has 0 saturated heterocycles. The Morgan fingerprint density at radius 3 is 2.67 bits per heavy atom. The van der Waals surface area contributed by atoms with Crippen molar-refractivity contribution in [3.8, 4) is 0 Å². The van der Waals surface area contributed by atoms with E-state index in [2.05, 4.69) is 15.9 Å². The summed E-state index contributed by atoms with van der Waals surface area (Å²) in [6.45, 7) is 2.05. The fourth-order valence-corrected chi connectivity index (χ4v) is 2.28. The molecule has 0 aliphatic rings. The van der Waals surface area contributed by atoms with Crippen LogP contribution in [0.5, 0.6) is 0 Å². The van der Waals surface area contributed by atoms with Gasteiger partial charge in [-0.2, -0.15) is 0 Å². The van der Waals surface area contributed by atoms with Crippen LogP contribution in [0, 0.1) is 5.82 Å². The molecule has 1 N–H and O–H groups in total. The molecule has 1 atom stereocenters. The number of halogens is 2. The zero-order valence-electron chi connectivity index (χ0n) is 10.0. The molecule has 3 heteroatoms. The number of benzene rings is 2. The minimum Gasteiger partial charge on any atom is -0.384 e. The molecular formula is C15H14BrFO. The Balaban J connectivity index is 2.41. The summed E-state index contributed by atoms with van der Waals surface area (Å²) in [6.07, 6.45) is -0.0457. The van der Waals surface area contributed by atoms with Crippen LogP contribution >= 0.6 is 15.9 Å². The molecule has 2 rings (SSSR count). The number of hydrogen-bond donors (Lipinski definition) is 1. The van der Waals surface area contributed by atoms with Gasteiger partial charge in [0.2, 0.25) is 0 Å². The van der Waals surface area contributed by atoms with Gasteiger partial charge in [-0.15, -0.1) is 0 Å².